The molecule has 0 aromatic heterocycles. The number of piperazine rings is 2. The van der Waals surface area contributed by atoms with Gasteiger partial charge in [-0.05, 0) is 39.5 Å². The van der Waals surface area contributed by atoms with Crippen LogP contribution in [0.3, 0.4) is 0 Å². The van der Waals surface area contributed by atoms with Crippen LogP contribution in [-0.2, 0) is 0 Å². The van der Waals surface area contributed by atoms with E-state index >= 15 is 0 Å². The normalized spacial score (nSPS) is 26.8. The van der Waals surface area contributed by atoms with Gasteiger partial charge in [0.25, 0.3) is 0 Å². The zero-order valence-electron chi connectivity index (χ0n) is 13.5. The van der Waals surface area contributed by atoms with Crippen molar-refractivity contribution in [2.24, 2.45) is 0 Å². The van der Waals surface area contributed by atoms with Gasteiger partial charge >= 0.3 is 5.37 Å². The van der Waals surface area contributed by atoms with Crippen LogP contribution in [0.1, 0.15) is 13.8 Å². The second kappa shape index (κ2) is 11.8. The van der Waals surface area contributed by atoms with Crippen LogP contribution in [0, 0.1) is 0 Å². The molecule has 2 aliphatic rings. The van der Waals surface area contributed by atoms with Crippen molar-refractivity contribution in [1.82, 2.24) is 20.0 Å². The minimum Gasteiger partial charge on any atom is -0.324 e. The van der Waals surface area contributed by atoms with Gasteiger partial charge in [-0.3, -0.25) is 4.79 Å². The lowest BCUT2D eigenvalue weighted by molar-refractivity contribution is 0.131. The number of carbonyl (C=O) groups is 1. The van der Waals surface area contributed by atoms with E-state index in [1.165, 1.54) is 13.1 Å². The molecule has 0 bridgehead atoms. The second-order valence-corrected chi connectivity index (χ2v) is 6.00. The van der Waals surface area contributed by atoms with Crippen LogP contribution >= 0.6 is 38.6 Å². The molecule has 0 unspecified atom stereocenters. The van der Waals surface area contributed by atoms with Crippen LogP contribution in [0.5, 0.6) is 0 Å². The molecule has 2 aliphatic heterocycles. The molecule has 2 heterocycles. The predicted molar refractivity (Wildman–Crippen MR) is 101 cm³/mol. The van der Waals surface area contributed by atoms with Gasteiger partial charge in [-0.2, -0.15) is 27.0 Å². The summed E-state index contributed by atoms with van der Waals surface area (Å²) in [6.07, 6.45) is 0. The number of nitrogens with one attached hydrogen (secondary N) is 1. The van der Waals surface area contributed by atoms with Crippen LogP contribution < -0.4 is 5.32 Å². The molecule has 1 N–H and O–H groups in total. The number of amides is 1. The smallest absolute Gasteiger partial charge is 0.316 e. The van der Waals surface area contributed by atoms with Gasteiger partial charge in [0.15, 0.2) is 0 Å². The first-order valence-corrected chi connectivity index (χ1v) is 7.34. The van der Waals surface area contributed by atoms with E-state index < -0.39 is 0 Å². The highest BCUT2D eigenvalue weighted by Crippen LogP contribution is 2.09. The first-order valence-electron chi connectivity index (χ1n) is 6.96. The summed E-state index contributed by atoms with van der Waals surface area (Å²) in [6, 6.07) is 0.937. The summed E-state index contributed by atoms with van der Waals surface area (Å²) in [7, 11) is 4.21. The first-order chi connectivity index (χ1) is 8.90. The number of carbonyl (C=O) groups excluding carboxylic acids is 1. The summed E-state index contributed by atoms with van der Waals surface area (Å²) < 4.78 is 0. The minimum absolute atomic E-state index is 0. The molecule has 0 aliphatic carbocycles. The van der Waals surface area contributed by atoms with E-state index in [2.05, 4.69) is 29.1 Å². The molecule has 0 radical (unpaired) electrons. The highest BCUT2D eigenvalue weighted by Gasteiger charge is 2.23. The van der Waals surface area contributed by atoms with E-state index in [0.717, 1.165) is 26.2 Å². The van der Waals surface area contributed by atoms with Gasteiger partial charge in [-0.15, -0.1) is 0 Å². The Morgan fingerprint density at radius 3 is 2.00 bits per heavy atom. The Bertz CT molecular complexity index is 291. The zero-order chi connectivity index (χ0) is 14.4. The summed E-state index contributed by atoms with van der Waals surface area (Å²) in [6.45, 7) is 10.4. The topological polar surface area (TPSA) is 38.8 Å². The van der Waals surface area contributed by atoms with Gasteiger partial charge in [0.1, 0.15) is 0 Å². The van der Waals surface area contributed by atoms with Gasteiger partial charge in [0.05, 0.1) is 0 Å². The van der Waals surface area contributed by atoms with Crippen molar-refractivity contribution in [3.05, 3.63) is 0 Å². The lowest BCUT2D eigenvalue weighted by atomic mass is 10.2. The van der Waals surface area contributed by atoms with Crippen molar-refractivity contribution < 1.29 is 4.79 Å². The molecular weight excluding hydrogens is 328 g/mol. The molecule has 8 heteroatoms. The van der Waals surface area contributed by atoms with Crippen LogP contribution in [0.25, 0.3) is 0 Å². The fraction of sp³-hybridized carbons (Fsp3) is 0.923. The highest BCUT2D eigenvalue weighted by molar-refractivity contribution is 7.59. The Hall–Kier alpha value is 0.340. The maximum atomic E-state index is 10.8. The minimum atomic E-state index is -0.328. The first kappa shape index (κ1) is 23.6. The summed E-state index contributed by atoms with van der Waals surface area (Å²) in [5.74, 6) is 0. The SMILES string of the molecule is C[C@H]1CN(C)CCN1.C[C@H]1CN(C)CCN1C(=O)Cl.S.S. The van der Waals surface area contributed by atoms with Gasteiger partial charge in [-0.1, -0.05) is 0 Å². The monoisotopic (exact) mass is 358 g/mol. The highest BCUT2D eigenvalue weighted by atomic mass is 35.5. The Kier molecular flexibility index (Phi) is 13.3. The number of likely N-dealkylation sites (N-methyl/N-ethyl adjacent to an activating group) is 2. The van der Waals surface area contributed by atoms with Gasteiger partial charge in [-0.25, -0.2) is 0 Å². The van der Waals surface area contributed by atoms with E-state index in [-0.39, 0.29) is 38.4 Å². The van der Waals surface area contributed by atoms with E-state index in [9.17, 15) is 4.79 Å². The molecule has 2 saturated heterocycles. The lowest BCUT2D eigenvalue weighted by Gasteiger charge is -2.36. The molecule has 0 aromatic rings. The molecule has 2 fully saturated rings. The third-order valence-electron chi connectivity index (χ3n) is 3.63. The average molecular weight is 359 g/mol. The standard InChI is InChI=1S/C7H13ClN2O.C6H14N2.2H2S/c1-6-5-9(2)3-4-10(6)7(8)11;1-6-5-8(2)4-3-7-6;;/h6H,3-5H2,1-2H3;6-7H,3-5H2,1-2H3;2*1H2/t2*6-;;/m00../s1. The largest absolute Gasteiger partial charge is 0.324 e. The Labute approximate surface area is 148 Å². The fourth-order valence-electron chi connectivity index (χ4n) is 2.53. The number of hydrogen-bond donors (Lipinski definition) is 1. The molecule has 0 saturated carbocycles. The van der Waals surface area contributed by atoms with Crippen molar-refractivity contribution in [1.29, 1.82) is 0 Å². The Morgan fingerprint density at radius 1 is 1.05 bits per heavy atom. The van der Waals surface area contributed by atoms with E-state index in [0.29, 0.717) is 6.04 Å². The van der Waals surface area contributed by atoms with Gasteiger partial charge in [0.2, 0.25) is 0 Å². The van der Waals surface area contributed by atoms with Crippen LogP contribution in [0.4, 0.5) is 4.79 Å². The Balaban J connectivity index is 0. The van der Waals surface area contributed by atoms with Crippen molar-refractivity contribution in [2.75, 3.05) is 53.4 Å². The molecule has 0 spiro atoms. The van der Waals surface area contributed by atoms with Gasteiger partial charge in [0, 0.05) is 51.4 Å². The molecule has 5 nitrogen and oxygen atoms in total. The lowest BCUT2D eigenvalue weighted by Crippen LogP contribution is -2.51. The molecule has 2 atom stereocenters. The molecular formula is C13H31ClN4OS2. The quantitative estimate of drug-likeness (QED) is 0.520. The summed E-state index contributed by atoms with van der Waals surface area (Å²) in [5, 5.41) is 3.04. The molecule has 128 valence electrons. The van der Waals surface area contributed by atoms with Crippen molar-refractivity contribution >= 4 is 44.0 Å². The summed E-state index contributed by atoms with van der Waals surface area (Å²) in [5.41, 5.74) is 0. The third kappa shape index (κ3) is 9.15. The number of nitrogens with zero attached hydrogens (tertiary/aromatic N) is 3. The van der Waals surface area contributed by atoms with Crippen molar-refractivity contribution in [2.45, 2.75) is 25.9 Å². The van der Waals surface area contributed by atoms with E-state index in [1.807, 2.05) is 14.0 Å². The number of halogens is 1. The molecule has 1 amide bonds. The van der Waals surface area contributed by atoms with Gasteiger partial charge < -0.3 is 20.0 Å². The third-order valence-corrected chi connectivity index (χ3v) is 3.85. The zero-order valence-corrected chi connectivity index (χ0v) is 16.3. The maximum Gasteiger partial charge on any atom is 0.316 e. The van der Waals surface area contributed by atoms with E-state index in [1.54, 1.807) is 4.90 Å². The van der Waals surface area contributed by atoms with Crippen LogP contribution in [0.2, 0.25) is 0 Å². The van der Waals surface area contributed by atoms with Crippen LogP contribution in [0.15, 0.2) is 0 Å². The number of rotatable bonds is 0. The van der Waals surface area contributed by atoms with Crippen LogP contribution in [-0.4, -0.2) is 85.5 Å². The predicted octanol–water partition coefficient (Wildman–Crippen LogP) is 1.12. The van der Waals surface area contributed by atoms with Crippen molar-refractivity contribution in [3.8, 4) is 0 Å². The van der Waals surface area contributed by atoms with Crippen molar-refractivity contribution in [3.63, 3.8) is 0 Å². The molecule has 2 rings (SSSR count). The summed E-state index contributed by atoms with van der Waals surface area (Å²) in [4.78, 5) is 17.0. The molecule has 21 heavy (non-hydrogen) atoms. The fourth-order valence-corrected chi connectivity index (χ4v) is 2.78. The molecule has 0 aromatic carbocycles. The average Bonchev–Trinajstić information content (AvgIpc) is 2.28. The Morgan fingerprint density at radius 2 is 1.62 bits per heavy atom. The summed E-state index contributed by atoms with van der Waals surface area (Å²) >= 11 is 5.37. The number of hydrogen-bond acceptors (Lipinski definition) is 4. The van der Waals surface area contributed by atoms with E-state index in [4.69, 9.17) is 11.6 Å². The maximum absolute atomic E-state index is 10.8. The second-order valence-electron chi connectivity index (χ2n) is 5.68.